The van der Waals surface area contributed by atoms with Crippen LogP contribution >= 0.6 is 0 Å². The van der Waals surface area contributed by atoms with Crippen LogP contribution in [0.3, 0.4) is 0 Å². The molecule has 0 radical (unpaired) electrons. The molecule has 0 unspecified atom stereocenters. The highest BCUT2D eigenvalue weighted by Crippen LogP contribution is 2.19. The fourth-order valence-corrected chi connectivity index (χ4v) is 0.905. The molecule has 8 heavy (non-hydrogen) atoms. The van der Waals surface area contributed by atoms with Gasteiger partial charge in [-0.15, -0.1) is 0 Å². The largest absolute Gasteiger partial charge is 0.150 e. The Kier molecular flexibility index (Phi) is 1.86. The molecule has 0 aromatic heterocycles. The first-order chi connectivity index (χ1) is 3.93. The van der Waals surface area contributed by atoms with Crippen LogP contribution in [0.5, 0.6) is 0 Å². The summed E-state index contributed by atoms with van der Waals surface area (Å²) in [6.45, 7) is 2.21. The van der Waals surface area contributed by atoms with Crippen molar-refractivity contribution >= 4 is 0 Å². The van der Waals surface area contributed by atoms with Gasteiger partial charge in [0.1, 0.15) is 18.8 Å². The van der Waals surface area contributed by atoms with E-state index in [1.165, 1.54) is 12.8 Å². The van der Waals surface area contributed by atoms with Crippen molar-refractivity contribution in [2.75, 3.05) is 0 Å². The van der Waals surface area contributed by atoms with Gasteiger partial charge in [0.2, 0.25) is 0 Å². The topological polar surface area (TPSA) is 0 Å². The molecule has 0 spiro atoms. The van der Waals surface area contributed by atoms with E-state index in [2.05, 4.69) is 18.8 Å². The Labute approximate surface area is 51.3 Å². The van der Waals surface area contributed by atoms with Gasteiger partial charge in [-0.3, -0.25) is 0 Å². The van der Waals surface area contributed by atoms with Crippen LogP contribution in [0.15, 0.2) is 0 Å². The molecule has 0 aromatic carbocycles. The zero-order chi connectivity index (χ0) is 5.82. The first-order valence-corrected chi connectivity index (χ1v) is 3.22. The van der Waals surface area contributed by atoms with Crippen LogP contribution in [-0.4, -0.2) is 0 Å². The Hall–Kier alpha value is -0.570. The molecule has 42 valence electrons. The Balaban J connectivity index is 2.32. The van der Waals surface area contributed by atoms with Crippen LogP contribution in [0, 0.1) is 17.8 Å². The van der Waals surface area contributed by atoms with E-state index in [4.69, 9.17) is 0 Å². The van der Waals surface area contributed by atoms with Gasteiger partial charge in [-0.1, -0.05) is 11.8 Å². The van der Waals surface area contributed by atoms with Crippen molar-refractivity contribution in [1.29, 1.82) is 0 Å². The van der Waals surface area contributed by atoms with E-state index in [1.54, 1.807) is 5.92 Å². The lowest BCUT2D eigenvalue weighted by atomic mass is 9.94. The van der Waals surface area contributed by atoms with Crippen LogP contribution in [-0.2, 0) is 0 Å². The monoisotopic (exact) mass is 107 g/mol. The summed E-state index contributed by atoms with van der Waals surface area (Å²) in [5, 5.41) is 0. The predicted octanol–water partition coefficient (Wildman–Crippen LogP) is 2.16. The maximum absolute atomic E-state index is 3.10. The molecule has 0 aliphatic heterocycles. The summed E-state index contributed by atoms with van der Waals surface area (Å²) in [4.78, 5) is 0. The minimum Gasteiger partial charge on any atom is -0.0944 e. The Bertz CT molecular complexity index is 114. The quantitative estimate of drug-likeness (QED) is 0.356. The molecule has 0 nitrogen and oxygen atoms in total. The molecule has 0 atom stereocenters. The van der Waals surface area contributed by atoms with Crippen molar-refractivity contribution in [3.8, 4) is 11.8 Å². The fraction of sp³-hybridized carbons (Fsp3) is 0.625. The second-order valence-corrected chi connectivity index (χ2v) is 2.13. The lowest BCUT2D eigenvalue weighted by molar-refractivity contribution is 0.734. The Morgan fingerprint density at radius 3 is 2.75 bits per heavy atom. The summed E-state index contributed by atoms with van der Waals surface area (Å²) < 4.78 is 0. The van der Waals surface area contributed by atoms with Gasteiger partial charge >= 0.3 is 0 Å². The van der Waals surface area contributed by atoms with E-state index in [0.29, 0.717) is 0 Å². The van der Waals surface area contributed by atoms with Gasteiger partial charge < -0.3 is 0 Å². The zero-order valence-corrected chi connectivity index (χ0v) is 5.33. The molecule has 1 aliphatic rings. The minimum absolute atomic E-state index is 1.07. The van der Waals surface area contributed by atoms with Crippen molar-refractivity contribution in [3.63, 3.8) is 0 Å². The molecule has 0 fully saturated rings. The Morgan fingerprint density at radius 2 is 2.38 bits per heavy atom. The number of hydrogen-bond donors (Lipinski definition) is 0. The van der Waals surface area contributed by atoms with Crippen molar-refractivity contribution in [3.05, 3.63) is 5.92 Å². The molecule has 0 heterocycles. The van der Waals surface area contributed by atoms with E-state index in [9.17, 15) is 0 Å². The summed E-state index contributed by atoms with van der Waals surface area (Å²) in [5.41, 5.74) is 0. The van der Waals surface area contributed by atoms with E-state index in [0.717, 1.165) is 12.8 Å². The molecule has 0 heteroatoms. The lowest BCUT2D eigenvalue weighted by Crippen LogP contribution is -1.96. The second-order valence-electron chi connectivity index (χ2n) is 2.13. The van der Waals surface area contributed by atoms with E-state index >= 15 is 0 Å². The summed E-state index contributed by atoms with van der Waals surface area (Å²) in [5.74, 6) is 7.81. The average Bonchev–Trinajstić information content (AvgIpc) is 1.90. The van der Waals surface area contributed by atoms with E-state index in [1.807, 2.05) is 0 Å². The fourth-order valence-electron chi connectivity index (χ4n) is 0.905. The minimum atomic E-state index is 1.07. The van der Waals surface area contributed by atoms with Crippen LogP contribution in [0.25, 0.3) is 0 Å². The predicted molar refractivity (Wildman–Crippen MR) is 35.2 cm³/mol. The molecular weight excluding hydrogens is 96.1 g/mol. The molecule has 1 rings (SSSR count). The summed E-state index contributed by atoms with van der Waals surface area (Å²) in [6.07, 6.45) is 4.65. The third kappa shape index (κ3) is 1.20. The van der Waals surface area contributed by atoms with Gasteiger partial charge in [-0.05, 0) is 6.92 Å². The highest BCUT2D eigenvalue weighted by molar-refractivity contribution is 5.13. The van der Waals surface area contributed by atoms with Gasteiger partial charge in [0.05, 0.1) is 6.42 Å². The highest BCUT2D eigenvalue weighted by atomic mass is 14.1. The van der Waals surface area contributed by atoms with Gasteiger partial charge in [0.15, 0.2) is 0 Å². The normalized spacial score (nSPS) is 17.4. The molecular formula is C8H11+. The molecule has 0 amide bonds. The average molecular weight is 107 g/mol. The molecule has 1 aliphatic carbocycles. The summed E-state index contributed by atoms with van der Waals surface area (Å²) in [7, 11) is 0. The first-order valence-electron chi connectivity index (χ1n) is 3.22. The van der Waals surface area contributed by atoms with Crippen LogP contribution in [0.1, 0.15) is 32.6 Å². The van der Waals surface area contributed by atoms with Gasteiger partial charge in [0, 0.05) is 6.42 Å². The maximum Gasteiger partial charge on any atom is 0.150 e. The Morgan fingerprint density at radius 1 is 1.50 bits per heavy atom. The smallest absolute Gasteiger partial charge is 0.0944 e. The number of rotatable bonds is 1. The van der Waals surface area contributed by atoms with Crippen molar-refractivity contribution in [1.82, 2.24) is 0 Å². The molecule has 0 aromatic rings. The van der Waals surface area contributed by atoms with Gasteiger partial charge in [0.25, 0.3) is 0 Å². The van der Waals surface area contributed by atoms with Crippen LogP contribution in [0.4, 0.5) is 0 Å². The number of hydrogen-bond acceptors (Lipinski definition) is 0. The van der Waals surface area contributed by atoms with Crippen molar-refractivity contribution < 1.29 is 0 Å². The molecule has 0 saturated carbocycles. The summed E-state index contributed by atoms with van der Waals surface area (Å²) >= 11 is 0. The SMILES string of the molecule is CC[C+]1CC#CCC1. The third-order valence-corrected chi connectivity index (χ3v) is 1.57. The molecule has 0 bridgehead atoms. The molecule has 0 N–H and O–H groups in total. The van der Waals surface area contributed by atoms with Crippen molar-refractivity contribution in [2.45, 2.75) is 32.6 Å². The van der Waals surface area contributed by atoms with Gasteiger partial charge in [-0.2, -0.15) is 0 Å². The first kappa shape index (κ1) is 5.56. The van der Waals surface area contributed by atoms with Crippen molar-refractivity contribution in [2.24, 2.45) is 0 Å². The maximum atomic E-state index is 3.10. The van der Waals surface area contributed by atoms with Crippen LogP contribution in [0.2, 0.25) is 0 Å². The standard InChI is InChI=1S/C8H11/c1-2-8-6-4-3-5-7-8/h2,4,6-7H2,1H3/q+1. The third-order valence-electron chi connectivity index (χ3n) is 1.57. The highest BCUT2D eigenvalue weighted by Gasteiger charge is 2.16. The summed E-state index contributed by atoms with van der Waals surface area (Å²) in [6, 6.07) is 0. The van der Waals surface area contributed by atoms with E-state index < -0.39 is 0 Å². The van der Waals surface area contributed by atoms with Gasteiger partial charge in [-0.25, -0.2) is 0 Å². The second kappa shape index (κ2) is 2.67. The lowest BCUT2D eigenvalue weighted by Gasteiger charge is -1.99. The van der Waals surface area contributed by atoms with E-state index in [-0.39, 0.29) is 0 Å². The molecule has 0 saturated heterocycles. The zero-order valence-electron chi connectivity index (χ0n) is 5.33. The van der Waals surface area contributed by atoms with Crippen LogP contribution < -0.4 is 0 Å².